The second-order valence-electron chi connectivity index (χ2n) is 6.88. The molecule has 2 aliphatic rings. The molecular formula is C19H20F2N6O4. The fourth-order valence-corrected chi connectivity index (χ4v) is 3.25. The highest BCUT2D eigenvalue weighted by atomic mass is 19.3. The lowest BCUT2D eigenvalue weighted by Crippen LogP contribution is -2.49. The minimum absolute atomic E-state index is 0.0701. The fourth-order valence-electron chi connectivity index (χ4n) is 3.25. The van der Waals surface area contributed by atoms with Crippen molar-refractivity contribution in [2.45, 2.75) is 12.7 Å². The number of piperazine rings is 1. The lowest BCUT2D eigenvalue weighted by atomic mass is 10.2. The molecule has 12 heteroatoms. The molecule has 1 fully saturated rings. The number of rotatable bonds is 5. The molecule has 3 amide bonds. The van der Waals surface area contributed by atoms with E-state index in [-0.39, 0.29) is 36.1 Å². The van der Waals surface area contributed by atoms with Crippen molar-refractivity contribution in [3.05, 3.63) is 36.7 Å². The Balaban J connectivity index is 1.18. The topological polar surface area (TPSA) is 109 Å². The standard InChI is InChI=1S/C19H20F2N6O4/c20-19(21)30-14-3-2-13(12-15(14)31-19)25-18(29)24-7-4-16(28)26-8-10-27(11-9-26)17-22-5-1-6-23-17/h1-3,5-6,12H,4,7-11H2,(H2,24,25,29). The SMILES string of the molecule is O=C(NCCC(=O)N1CCN(c2ncccn2)CC1)Nc1ccc2c(c1)OC(F)(F)O2. The Bertz CT molecular complexity index is 954. The van der Waals surface area contributed by atoms with Gasteiger partial charge in [0.05, 0.1) is 0 Å². The van der Waals surface area contributed by atoms with Crippen LogP contribution in [0.1, 0.15) is 6.42 Å². The van der Waals surface area contributed by atoms with Crippen LogP contribution >= 0.6 is 0 Å². The van der Waals surface area contributed by atoms with Crippen LogP contribution in [0.5, 0.6) is 11.5 Å². The summed E-state index contributed by atoms with van der Waals surface area (Å²) in [7, 11) is 0. The Hall–Kier alpha value is -3.70. The quantitative estimate of drug-likeness (QED) is 0.737. The van der Waals surface area contributed by atoms with Crippen LogP contribution in [0.2, 0.25) is 0 Å². The molecule has 0 saturated carbocycles. The van der Waals surface area contributed by atoms with E-state index in [1.165, 1.54) is 18.2 Å². The summed E-state index contributed by atoms with van der Waals surface area (Å²) in [6.45, 7) is 2.49. The first-order chi connectivity index (χ1) is 14.9. The van der Waals surface area contributed by atoms with Crippen LogP contribution in [0, 0.1) is 0 Å². The molecule has 31 heavy (non-hydrogen) atoms. The number of hydrogen-bond acceptors (Lipinski definition) is 7. The maximum atomic E-state index is 13.0. The third kappa shape index (κ3) is 5.08. The van der Waals surface area contributed by atoms with Gasteiger partial charge in [-0.15, -0.1) is 8.78 Å². The second-order valence-corrected chi connectivity index (χ2v) is 6.88. The first-order valence-corrected chi connectivity index (χ1v) is 9.64. The number of nitrogens with zero attached hydrogens (tertiary/aromatic N) is 4. The summed E-state index contributed by atoms with van der Waals surface area (Å²) in [5.74, 6) is 0.290. The maximum Gasteiger partial charge on any atom is 0.586 e. The van der Waals surface area contributed by atoms with Crippen LogP contribution in [0.3, 0.4) is 0 Å². The number of carbonyl (C=O) groups is 2. The highest BCUT2D eigenvalue weighted by Gasteiger charge is 2.43. The lowest BCUT2D eigenvalue weighted by molar-refractivity contribution is -0.286. The van der Waals surface area contributed by atoms with Gasteiger partial charge in [-0.1, -0.05) is 0 Å². The highest BCUT2D eigenvalue weighted by molar-refractivity contribution is 5.90. The third-order valence-electron chi connectivity index (χ3n) is 4.75. The molecule has 1 saturated heterocycles. The molecule has 1 aromatic carbocycles. The molecule has 3 heterocycles. The van der Waals surface area contributed by atoms with Gasteiger partial charge in [-0.05, 0) is 18.2 Å². The van der Waals surface area contributed by atoms with Crippen molar-refractivity contribution in [2.75, 3.05) is 42.9 Å². The first kappa shape index (κ1) is 20.6. The van der Waals surface area contributed by atoms with E-state index in [0.717, 1.165) is 0 Å². The molecular weight excluding hydrogens is 414 g/mol. The zero-order chi connectivity index (χ0) is 21.8. The Morgan fingerprint density at radius 2 is 1.77 bits per heavy atom. The average Bonchev–Trinajstić information content (AvgIpc) is 3.07. The molecule has 0 spiro atoms. The largest absolute Gasteiger partial charge is 0.586 e. The Kier molecular flexibility index (Phi) is 5.69. The van der Waals surface area contributed by atoms with Gasteiger partial charge in [0.25, 0.3) is 0 Å². The molecule has 4 rings (SSSR count). The molecule has 2 aliphatic heterocycles. The van der Waals surface area contributed by atoms with Crippen LogP contribution in [0.25, 0.3) is 0 Å². The summed E-state index contributed by atoms with van der Waals surface area (Å²) in [4.78, 5) is 36.5. The zero-order valence-electron chi connectivity index (χ0n) is 16.4. The number of hydrogen-bond donors (Lipinski definition) is 2. The van der Waals surface area contributed by atoms with Crippen LogP contribution in [-0.2, 0) is 4.79 Å². The van der Waals surface area contributed by atoms with Crippen LogP contribution in [0.4, 0.5) is 25.2 Å². The molecule has 10 nitrogen and oxygen atoms in total. The van der Waals surface area contributed by atoms with Crippen molar-refractivity contribution in [1.82, 2.24) is 20.2 Å². The van der Waals surface area contributed by atoms with Crippen LogP contribution < -0.4 is 25.0 Å². The molecule has 1 aromatic heterocycles. The predicted molar refractivity (Wildman–Crippen MR) is 105 cm³/mol. The van der Waals surface area contributed by atoms with Gasteiger partial charge in [0, 0.05) is 63.3 Å². The molecule has 0 bridgehead atoms. The minimum Gasteiger partial charge on any atom is -0.395 e. The number of benzene rings is 1. The van der Waals surface area contributed by atoms with Crippen LogP contribution in [-0.4, -0.2) is 65.8 Å². The van der Waals surface area contributed by atoms with E-state index in [4.69, 9.17) is 0 Å². The fraction of sp³-hybridized carbons (Fsp3) is 0.368. The van der Waals surface area contributed by atoms with Crippen molar-refractivity contribution < 1.29 is 27.8 Å². The summed E-state index contributed by atoms with van der Waals surface area (Å²) >= 11 is 0. The number of ether oxygens (including phenoxy) is 2. The molecule has 0 radical (unpaired) electrons. The predicted octanol–water partition coefficient (Wildman–Crippen LogP) is 1.66. The second kappa shape index (κ2) is 8.58. The third-order valence-corrected chi connectivity index (χ3v) is 4.75. The summed E-state index contributed by atoms with van der Waals surface area (Å²) in [5, 5.41) is 5.07. The molecule has 2 N–H and O–H groups in total. The van der Waals surface area contributed by atoms with E-state index in [0.29, 0.717) is 32.1 Å². The van der Waals surface area contributed by atoms with Crippen LogP contribution in [0.15, 0.2) is 36.7 Å². The van der Waals surface area contributed by atoms with Gasteiger partial charge in [-0.25, -0.2) is 14.8 Å². The van der Waals surface area contributed by atoms with Gasteiger partial charge >= 0.3 is 12.3 Å². The minimum atomic E-state index is -3.72. The Labute approximate surface area is 176 Å². The maximum absolute atomic E-state index is 13.0. The van der Waals surface area contributed by atoms with Crippen molar-refractivity contribution >= 4 is 23.6 Å². The van der Waals surface area contributed by atoms with Gasteiger partial charge in [-0.2, -0.15) is 0 Å². The van der Waals surface area contributed by atoms with Crippen molar-refractivity contribution in [2.24, 2.45) is 0 Å². The van der Waals surface area contributed by atoms with Crippen molar-refractivity contribution in [3.8, 4) is 11.5 Å². The normalized spacial score (nSPS) is 16.7. The number of amides is 3. The van der Waals surface area contributed by atoms with E-state index in [9.17, 15) is 18.4 Å². The number of aromatic nitrogens is 2. The summed E-state index contributed by atoms with van der Waals surface area (Å²) in [6.07, 6.45) is -0.226. The number of alkyl halides is 2. The Morgan fingerprint density at radius 1 is 1.06 bits per heavy atom. The number of carbonyl (C=O) groups excluding carboxylic acids is 2. The number of anilines is 2. The number of halogens is 2. The smallest absolute Gasteiger partial charge is 0.395 e. The zero-order valence-corrected chi connectivity index (χ0v) is 16.4. The molecule has 0 aliphatic carbocycles. The van der Waals surface area contributed by atoms with E-state index in [1.807, 2.05) is 4.90 Å². The van der Waals surface area contributed by atoms with Crippen molar-refractivity contribution in [3.63, 3.8) is 0 Å². The van der Waals surface area contributed by atoms with Gasteiger partial charge in [0.1, 0.15) is 0 Å². The summed E-state index contributed by atoms with van der Waals surface area (Å²) < 4.78 is 34.7. The van der Waals surface area contributed by atoms with E-state index in [2.05, 4.69) is 30.1 Å². The number of fused-ring (bicyclic) bond motifs is 1. The molecule has 2 aromatic rings. The molecule has 0 unspecified atom stereocenters. The van der Waals surface area contributed by atoms with E-state index < -0.39 is 12.3 Å². The number of nitrogens with one attached hydrogen (secondary N) is 2. The summed E-state index contributed by atoms with van der Waals surface area (Å²) in [6, 6.07) is 5.10. The van der Waals surface area contributed by atoms with Crippen molar-refractivity contribution in [1.29, 1.82) is 0 Å². The van der Waals surface area contributed by atoms with Gasteiger partial charge in [0.15, 0.2) is 11.5 Å². The van der Waals surface area contributed by atoms with Gasteiger partial charge in [0.2, 0.25) is 11.9 Å². The van der Waals surface area contributed by atoms with Gasteiger partial charge < -0.3 is 29.9 Å². The van der Waals surface area contributed by atoms with Gasteiger partial charge in [-0.3, -0.25) is 4.79 Å². The molecule has 164 valence electrons. The lowest BCUT2D eigenvalue weighted by Gasteiger charge is -2.34. The molecule has 0 atom stereocenters. The van der Waals surface area contributed by atoms with E-state index in [1.54, 1.807) is 23.4 Å². The first-order valence-electron chi connectivity index (χ1n) is 9.64. The number of urea groups is 1. The Morgan fingerprint density at radius 3 is 2.52 bits per heavy atom. The monoisotopic (exact) mass is 434 g/mol. The average molecular weight is 434 g/mol. The van der Waals surface area contributed by atoms with E-state index >= 15 is 0 Å². The highest BCUT2D eigenvalue weighted by Crippen LogP contribution is 2.42. The summed E-state index contributed by atoms with van der Waals surface area (Å²) in [5.41, 5.74) is 0.253.